The molecule has 0 atom stereocenters. The van der Waals surface area contributed by atoms with E-state index < -0.39 is 0 Å². The van der Waals surface area contributed by atoms with E-state index in [-0.39, 0.29) is 0 Å². The van der Waals surface area contributed by atoms with E-state index in [0.717, 1.165) is 79.3 Å². The molecule has 9 heterocycles. The molecule has 0 aliphatic carbocycles. The summed E-state index contributed by atoms with van der Waals surface area (Å²) in [6, 6.07) is 98.0. The zero-order valence-electron chi connectivity index (χ0n) is 55.9. The minimum atomic E-state index is 0.715. The van der Waals surface area contributed by atoms with Crippen LogP contribution in [0.1, 0.15) is 17.3 Å². The highest BCUT2D eigenvalue weighted by molar-refractivity contribution is 6.09. The third kappa shape index (κ3) is 15.1. The summed E-state index contributed by atoms with van der Waals surface area (Å²) in [4.78, 5) is 44.3. The van der Waals surface area contributed by atoms with Gasteiger partial charge in [-0.25, -0.2) is 39.9 Å². The molecule has 9 aromatic carbocycles. The highest BCUT2D eigenvalue weighted by atomic mass is 15.0. The Labute approximate surface area is 575 Å². The lowest BCUT2D eigenvalue weighted by Gasteiger charge is -2.06. The van der Waals surface area contributed by atoms with Gasteiger partial charge in [-0.3, -0.25) is 9.97 Å². The maximum atomic E-state index is 4.66. The Morgan fingerprint density at radius 2 is 0.596 bits per heavy atom. The van der Waals surface area contributed by atoms with Crippen molar-refractivity contribution in [3.05, 3.63) is 340 Å². The van der Waals surface area contributed by atoms with Crippen LogP contribution in [0.2, 0.25) is 0 Å². The molecule has 0 radical (unpaired) electrons. The van der Waals surface area contributed by atoms with Gasteiger partial charge in [0.2, 0.25) is 0 Å². The number of rotatable bonds is 6. The van der Waals surface area contributed by atoms with Crippen LogP contribution in [0.25, 0.3) is 133 Å². The molecule has 0 spiro atoms. The van der Waals surface area contributed by atoms with E-state index in [1.807, 2.05) is 216 Å². The SMILES string of the molecule is Cc1cc(-c2ccccc2)nc(-c2ccccc2)n1.Cc1nc(-c2ccccc2)cc(-c2ccccc2)n1.Cc1nc(-c2ccccc2)nc(-c2ccccc2)n1.Cn1c2ccccc2c2cccnc21.Cn1c2ccccc2c2ccncc21.Cn1c2ccccc2c2cnccc21. The van der Waals surface area contributed by atoms with Crippen LogP contribution in [0.3, 0.4) is 0 Å². The van der Waals surface area contributed by atoms with E-state index in [4.69, 9.17) is 0 Å². The Balaban J connectivity index is 0.000000107. The second kappa shape index (κ2) is 30.6. The van der Waals surface area contributed by atoms with Crippen molar-refractivity contribution >= 4 is 65.5 Å². The quantitative estimate of drug-likeness (QED) is 0.158. The van der Waals surface area contributed by atoms with E-state index in [2.05, 4.69) is 212 Å². The van der Waals surface area contributed by atoms with Crippen molar-refractivity contribution in [1.82, 2.24) is 63.5 Å². The van der Waals surface area contributed by atoms with Gasteiger partial charge in [0, 0.05) is 128 Å². The molecule has 0 N–H and O–H groups in total. The van der Waals surface area contributed by atoms with Gasteiger partial charge in [-0.1, -0.05) is 237 Å². The van der Waals surface area contributed by atoms with Crippen molar-refractivity contribution in [2.75, 3.05) is 0 Å². The van der Waals surface area contributed by atoms with Crippen LogP contribution < -0.4 is 0 Å². The van der Waals surface area contributed by atoms with Gasteiger partial charge < -0.3 is 13.7 Å². The zero-order valence-corrected chi connectivity index (χ0v) is 55.9. The summed E-state index contributed by atoms with van der Waals surface area (Å²) >= 11 is 0. The first-order valence-electron chi connectivity index (χ1n) is 32.7. The first kappa shape index (κ1) is 64.7. The first-order valence-corrected chi connectivity index (χ1v) is 32.7. The highest BCUT2D eigenvalue weighted by Crippen LogP contribution is 2.30. The number of nitrogens with zero attached hydrogens (tertiary/aromatic N) is 13. The van der Waals surface area contributed by atoms with Crippen LogP contribution in [0.4, 0.5) is 0 Å². The second-order valence-corrected chi connectivity index (χ2v) is 23.5. The fourth-order valence-electron chi connectivity index (χ4n) is 12.0. The van der Waals surface area contributed by atoms with Crippen molar-refractivity contribution < 1.29 is 0 Å². The summed E-state index contributed by atoms with van der Waals surface area (Å²) in [7, 11) is 6.22. The largest absolute Gasteiger partial charge is 0.344 e. The van der Waals surface area contributed by atoms with E-state index >= 15 is 0 Å². The highest BCUT2D eigenvalue weighted by Gasteiger charge is 2.12. The monoisotopic (exact) mass is 1290 g/mol. The molecule has 9 aromatic heterocycles. The van der Waals surface area contributed by atoms with E-state index in [9.17, 15) is 0 Å². The minimum Gasteiger partial charge on any atom is -0.344 e. The average molecular weight is 1290 g/mol. The number of aromatic nitrogens is 13. The minimum absolute atomic E-state index is 0.715. The van der Waals surface area contributed by atoms with Crippen LogP contribution in [-0.4, -0.2) is 63.5 Å². The molecule has 0 amide bonds. The molecule has 18 rings (SSSR count). The number of fused-ring (bicyclic) bond motifs is 9. The Morgan fingerprint density at radius 1 is 0.242 bits per heavy atom. The Morgan fingerprint density at radius 3 is 1.10 bits per heavy atom. The number of para-hydroxylation sites is 3. The smallest absolute Gasteiger partial charge is 0.163 e. The van der Waals surface area contributed by atoms with Crippen molar-refractivity contribution in [3.8, 4) is 67.9 Å². The fourth-order valence-corrected chi connectivity index (χ4v) is 12.0. The van der Waals surface area contributed by atoms with Crippen molar-refractivity contribution in [1.29, 1.82) is 0 Å². The molecular formula is C86H71N13. The van der Waals surface area contributed by atoms with Gasteiger partial charge >= 0.3 is 0 Å². The predicted octanol–water partition coefficient (Wildman–Crippen LogP) is 19.9. The summed E-state index contributed by atoms with van der Waals surface area (Å²) in [5.74, 6) is 3.73. The number of hydrogen-bond donors (Lipinski definition) is 0. The lowest BCUT2D eigenvalue weighted by Crippen LogP contribution is -1.99. The van der Waals surface area contributed by atoms with Crippen LogP contribution >= 0.6 is 0 Å². The Bertz CT molecular complexity index is 4790. The summed E-state index contributed by atoms with van der Waals surface area (Å²) in [6.45, 7) is 5.82. The number of benzene rings is 9. The van der Waals surface area contributed by atoms with E-state index in [1.165, 1.54) is 59.9 Å². The third-order valence-electron chi connectivity index (χ3n) is 16.8. The van der Waals surface area contributed by atoms with Crippen LogP contribution in [-0.2, 0) is 21.1 Å². The fraction of sp³-hybridized carbons (Fsp3) is 0.0698. The zero-order chi connectivity index (χ0) is 67.9. The molecule has 13 nitrogen and oxygen atoms in total. The molecule has 0 aliphatic rings. The normalized spacial score (nSPS) is 10.7. The second-order valence-electron chi connectivity index (χ2n) is 23.5. The van der Waals surface area contributed by atoms with Gasteiger partial charge in [-0.15, -0.1) is 0 Å². The molecule has 0 fully saturated rings. The predicted molar refractivity (Wildman–Crippen MR) is 405 cm³/mol. The van der Waals surface area contributed by atoms with Crippen molar-refractivity contribution in [3.63, 3.8) is 0 Å². The Kier molecular flexibility index (Phi) is 20.0. The van der Waals surface area contributed by atoms with Crippen LogP contribution in [0.15, 0.2) is 322 Å². The lowest BCUT2D eigenvalue weighted by molar-refractivity contribution is 0.990. The van der Waals surface area contributed by atoms with Gasteiger partial charge in [-0.2, -0.15) is 0 Å². The topological polar surface area (TPSA) is 144 Å². The standard InChI is InChI=1S/2C17H14N2.C16H13N3.3C12H10N2/c1-13-18-16(14-8-4-2-5-9-14)12-17(19-13)15-10-6-3-7-11-15;1-13-12-16(14-8-4-2-5-9-14)19-17(18-13)15-10-6-3-7-11-15;1-12-17-15(13-8-4-2-5-9-13)19-16(18-12)14-10-6-3-7-11-14;1-14-11-7-3-2-5-9(11)10-6-4-8-13-12(10)14;1-14-11-5-3-2-4-9(11)10-8-13-7-6-12(10)14;1-14-11-5-3-2-4-9(11)10-6-7-13-8-12(10)14/h2*2-12H,1H3;2-11H,1H3;3*2-8H,1H3. The summed E-state index contributed by atoms with van der Waals surface area (Å²) in [5, 5.41) is 7.58. The van der Waals surface area contributed by atoms with E-state index in [0.29, 0.717) is 11.6 Å². The van der Waals surface area contributed by atoms with Crippen LogP contribution in [0, 0.1) is 20.8 Å². The number of aryl methyl sites for hydroxylation is 6. The van der Waals surface area contributed by atoms with Gasteiger partial charge in [0.05, 0.1) is 39.8 Å². The molecule has 99 heavy (non-hydrogen) atoms. The molecule has 13 heteroatoms. The van der Waals surface area contributed by atoms with Crippen molar-refractivity contribution in [2.24, 2.45) is 21.1 Å². The van der Waals surface area contributed by atoms with Gasteiger partial charge in [0.25, 0.3) is 0 Å². The van der Waals surface area contributed by atoms with E-state index in [1.54, 1.807) is 0 Å². The Hall–Kier alpha value is -13.0. The molecule has 0 aliphatic heterocycles. The molecule has 0 bridgehead atoms. The molecule has 0 saturated heterocycles. The molecule has 18 aromatic rings. The molecule has 0 saturated carbocycles. The summed E-state index contributed by atoms with van der Waals surface area (Å²) in [5.41, 5.74) is 17.5. The first-order chi connectivity index (χ1) is 48.6. The third-order valence-corrected chi connectivity index (χ3v) is 16.8. The maximum absolute atomic E-state index is 4.66. The van der Waals surface area contributed by atoms with Crippen molar-refractivity contribution in [2.45, 2.75) is 20.8 Å². The summed E-state index contributed by atoms with van der Waals surface area (Å²) in [6.07, 6.45) is 9.35. The van der Waals surface area contributed by atoms with Gasteiger partial charge in [0.15, 0.2) is 17.5 Å². The number of hydrogen-bond acceptors (Lipinski definition) is 10. The lowest BCUT2D eigenvalue weighted by atomic mass is 10.1. The van der Waals surface area contributed by atoms with Gasteiger partial charge in [-0.05, 0) is 75.4 Å². The summed E-state index contributed by atoms with van der Waals surface area (Å²) < 4.78 is 6.51. The molecule has 480 valence electrons. The molecule has 0 unspecified atom stereocenters. The maximum Gasteiger partial charge on any atom is 0.163 e. The van der Waals surface area contributed by atoms with Gasteiger partial charge in [0.1, 0.15) is 17.3 Å². The number of pyridine rings is 3. The molecular weight excluding hydrogens is 1220 g/mol. The average Bonchev–Trinajstić information content (AvgIpc) is 1.58. The van der Waals surface area contributed by atoms with Crippen LogP contribution in [0.5, 0.6) is 0 Å².